The molecule has 1 aromatic heterocycles. The summed E-state index contributed by atoms with van der Waals surface area (Å²) in [5.41, 5.74) is 0.618. The topological polar surface area (TPSA) is 34.9 Å². The van der Waals surface area contributed by atoms with Crippen molar-refractivity contribution in [3.05, 3.63) is 17.7 Å². The van der Waals surface area contributed by atoms with E-state index in [4.69, 9.17) is 0 Å². The number of ketones is 1. The van der Waals surface area contributed by atoms with Crippen LogP contribution in [-0.4, -0.2) is 15.3 Å². The lowest BCUT2D eigenvalue weighted by Gasteiger charge is -2.11. The van der Waals surface area contributed by atoms with Gasteiger partial charge >= 0.3 is 0 Å². The second-order valence-electron chi connectivity index (χ2n) is 3.25. The summed E-state index contributed by atoms with van der Waals surface area (Å²) in [5.74, 6) is 1.14. The highest BCUT2D eigenvalue weighted by Crippen LogP contribution is 2.14. The Morgan fingerprint density at radius 1 is 1.58 bits per heavy atom. The van der Waals surface area contributed by atoms with Crippen LogP contribution < -0.4 is 0 Å². The van der Waals surface area contributed by atoms with Gasteiger partial charge in [0, 0.05) is 26.1 Å². The maximum atomic E-state index is 11.0. The highest BCUT2D eigenvalue weighted by Gasteiger charge is 2.13. The summed E-state index contributed by atoms with van der Waals surface area (Å²) in [6, 6.07) is 0. The predicted molar refractivity (Wildman–Crippen MR) is 45.2 cm³/mol. The zero-order valence-corrected chi connectivity index (χ0v) is 7.21. The van der Waals surface area contributed by atoms with E-state index >= 15 is 0 Å². The van der Waals surface area contributed by atoms with E-state index in [0.29, 0.717) is 5.69 Å². The zero-order chi connectivity index (χ0) is 8.55. The average Bonchev–Trinajstić information content (AvgIpc) is 2.46. The molecule has 2 rings (SSSR count). The third-order valence-corrected chi connectivity index (χ3v) is 2.27. The molecule has 0 fully saturated rings. The molecule has 1 aromatic rings. The first-order valence-electron chi connectivity index (χ1n) is 4.34. The molecule has 0 radical (unpaired) electrons. The van der Waals surface area contributed by atoms with Crippen molar-refractivity contribution in [2.45, 2.75) is 32.7 Å². The summed E-state index contributed by atoms with van der Waals surface area (Å²) in [6.07, 6.45) is 5.30. The third kappa shape index (κ3) is 1.15. The van der Waals surface area contributed by atoms with Crippen LogP contribution in [0.4, 0.5) is 0 Å². The van der Waals surface area contributed by atoms with Crippen LogP contribution in [0.3, 0.4) is 0 Å². The molecule has 0 amide bonds. The van der Waals surface area contributed by atoms with Gasteiger partial charge in [-0.25, -0.2) is 4.98 Å². The Morgan fingerprint density at radius 2 is 2.42 bits per heavy atom. The normalized spacial score (nSPS) is 15.8. The fourth-order valence-electron chi connectivity index (χ4n) is 1.58. The summed E-state index contributed by atoms with van der Waals surface area (Å²) in [6.45, 7) is 2.59. The van der Waals surface area contributed by atoms with E-state index in [-0.39, 0.29) is 5.78 Å². The molecule has 3 heteroatoms. The molecular formula is C9H12N2O. The Morgan fingerprint density at radius 3 is 3.08 bits per heavy atom. The summed E-state index contributed by atoms with van der Waals surface area (Å²) < 4.78 is 2.10. The molecule has 0 N–H and O–H groups in total. The van der Waals surface area contributed by atoms with Gasteiger partial charge in [-0.05, 0) is 12.8 Å². The lowest BCUT2D eigenvalue weighted by Crippen LogP contribution is -2.08. The van der Waals surface area contributed by atoms with Crippen molar-refractivity contribution in [3.63, 3.8) is 0 Å². The molecule has 1 aliphatic heterocycles. The summed E-state index contributed by atoms with van der Waals surface area (Å²) in [4.78, 5) is 15.3. The summed E-state index contributed by atoms with van der Waals surface area (Å²) in [7, 11) is 0. The van der Waals surface area contributed by atoms with Crippen molar-refractivity contribution in [1.29, 1.82) is 0 Å². The van der Waals surface area contributed by atoms with Gasteiger partial charge in [-0.3, -0.25) is 4.79 Å². The van der Waals surface area contributed by atoms with Crippen LogP contribution in [0.1, 0.15) is 36.1 Å². The highest BCUT2D eigenvalue weighted by molar-refractivity contribution is 5.91. The smallest absolute Gasteiger partial charge is 0.179 e. The largest absolute Gasteiger partial charge is 0.334 e. The number of aryl methyl sites for hydroxylation is 2. The Balaban J connectivity index is 2.38. The number of fused-ring (bicyclic) bond motifs is 1. The Bertz CT molecular complexity index is 291. The van der Waals surface area contributed by atoms with E-state index in [1.165, 1.54) is 12.8 Å². The highest BCUT2D eigenvalue weighted by atomic mass is 16.1. The second-order valence-corrected chi connectivity index (χ2v) is 3.25. The standard InChI is InChI=1S/C9H12N2O/c1-7(12)8-6-11-5-3-2-4-9(11)10-8/h6H,2-5H2,1H3. The lowest BCUT2D eigenvalue weighted by molar-refractivity contribution is 0.101. The van der Waals surface area contributed by atoms with E-state index in [0.717, 1.165) is 18.8 Å². The first-order valence-corrected chi connectivity index (χ1v) is 4.34. The van der Waals surface area contributed by atoms with Crippen molar-refractivity contribution < 1.29 is 4.79 Å². The molecule has 0 spiro atoms. The molecule has 12 heavy (non-hydrogen) atoms. The molecular weight excluding hydrogens is 152 g/mol. The zero-order valence-electron chi connectivity index (χ0n) is 7.21. The number of imidazole rings is 1. The van der Waals surface area contributed by atoms with Crippen molar-refractivity contribution >= 4 is 5.78 Å². The number of hydrogen-bond donors (Lipinski definition) is 0. The lowest BCUT2D eigenvalue weighted by atomic mass is 10.2. The summed E-state index contributed by atoms with van der Waals surface area (Å²) in [5, 5.41) is 0. The van der Waals surface area contributed by atoms with E-state index < -0.39 is 0 Å². The number of hydrogen-bond acceptors (Lipinski definition) is 2. The van der Waals surface area contributed by atoms with Gasteiger partial charge in [-0.15, -0.1) is 0 Å². The maximum absolute atomic E-state index is 11.0. The quantitative estimate of drug-likeness (QED) is 0.588. The van der Waals surface area contributed by atoms with Crippen LogP contribution in [0.5, 0.6) is 0 Å². The minimum absolute atomic E-state index is 0.0666. The Labute approximate surface area is 71.4 Å². The van der Waals surface area contributed by atoms with Crippen LogP contribution in [0.25, 0.3) is 0 Å². The van der Waals surface area contributed by atoms with Crippen molar-refractivity contribution in [1.82, 2.24) is 9.55 Å². The van der Waals surface area contributed by atoms with Crippen molar-refractivity contribution in [2.75, 3.05) is 0 Å². The third-order valence-electron chi connectivity index (χ3n) is 2.27. The maximum Gasteiger partial charge on any atom is 0.179 e. The molecule has 64 valence electrons. The van der Waals surface area contributed by atoms with E-state index in [1.807, 2.05) is 6.20 Å². The van der Waals surface area contributed by atoms with Crippen LogP contribution in [0.15, 0.2) is 6.20 Å². The molecule has 0 saturated heterocycles. The molecule has 3 nitrogen and oxygen atoms in total. The van der Waals surface area contributed by atoms with Gasteiger partial charge in [0.05, 0.1) is 0 Å². The van der Waals surface area contributed by atoms with Gasteiger partial charge in [-0.2, -0.15) is 0 Å². The second kappa shape index (κ2) is 2.73. The molecule has 0 unspecified atom stereocenters. The number of Topliss-reactive ketones (excluding diaryl/α,β-unsaturated/α-hetero) is 1. The first kappa shape index (κ1) is 7.53. The van der Waals surface area contributed by atoms with E-state index in [2.05, 4.69) is 9.55 Å². The number of carbonyl (C=O) groups excluding carboxylic acids is 1. The van der Waals surface area contributed by atoms with Crippen LogP contribution in [0.2, 0.25) is 0 Å². The molecule has 0 aromatic carbocycles. The van der Waals surface area contributed by atoms with Gasteiger partial charge in [-0.1, -0.05) is 0 Å². The number of aromatic nitrogens is 2. The van der Waals surface area contributed by atoms with Crippen LogP contribution in [-0.2, 0) is 13.0 Å². The Hall–Kier alpha value is -1.12. The predicted octanol–water partition coefficient (Wildman–Crippen LogP) is 1.42. The van der Waals surface area contributed by atoms with E-state index in [9.17, 15) is 4.79 Å². The number of carbonyl (C=O) groups is 1. The molecule has 0 aliphatic carbocycles. The minimum atomic E-state index is 0.0666. The van der Waals surface area contributed by atoms with Crippen molar-refractivity contribution in [3.8, 4) is 0 Å². The fourth-order valence-corrected chi connectivity index (χ4v) is 1.58. The molecule has 0 saturated carbocycles. The van der Waals surface area contributed by atoms with Gasteiger partial charge in [0.25, 0.3) is 0 Å². The molecule has 1 aliphatic rings. The van der Waals surface area contributed by atoms with Gasteiger partial charge in [0.1, 0.15) is 11.5 Å². The molecule has 0 bridgehead atoms. The Kier molecular flexibility index (Phi) is 1.71. The number of nitrogens with zero attached hydrogens (tertiary/aromatic N) is 2. The van der Waals surface area contributed by atoms with E-state index in [1.54, 1.807) is 6.92 Å². The van der Waals surface area contributed by atoms with Crippen LogP contribution >= 0.6 is 0 Å². The molecule has 0 atom stereocenters. The van der Waals surface area contributed by atoms with Gasteiger partial charge in [0.2, 0.25) is 0 Å². The summed E-state index contributed by atoms with van der Waals surface area (Å²) >= 11 is 0. The molecule has 2 heterocycles. The fraction of sp³-hybridized carbons (Fsp3) is 0.556. The first-order chi connectivity index (χ1) is 5.77. The van der Waals surface area contributed by atoms with Crippen molar-refractivity contribution in [2.24, 2.45) is 0 Å². The average molecular weight is 164 g/mol. The van der Waals surface area contributed by atoms with Gasteiger partial charge < -0.3 is 4.57 Å². The van der Waals surface area contributed by atoms with Crippen LogP contribution in [0, 0.1) is 0 Å². The monoisotopic (exact) mass is 164 g/mol. The minimum Gasteiger partial charge on any atom is -0.334 e. The SMILES string of the molecule is CC(=O)c1cn2c(n1)CCCC2. The van der Waals surface area contributed by atoms with Gasteiger partial charge in [0.15, 0.2) is 5.78 Å². The number of rotatable bonds is 1.